The van der Waals surface area contributed by atoms with Gasteiger partial charge in [0, 0.05) is 6.20 Å². The van der Waals surface area contributed by atoms with Crippen LogP contribution in [0, 0.1) is 0 Å². The van der Waals surface area contributed by atoms with Crippen LogP contribution in [0.1, 0.15) is 43.7 Å². The number of carbonyl (C=O) groups is 1. The van der Waals surface area contributed by atoms with Crippen molar-refractivity contribution in [2.24, 2.45) is 0 Å². The van der Waals surface area contributed by atoms with E-state index < -0.39 is 0 Å². The average Bonchev–Trinajstić information content (AvgIpc) is 2.89. The maximum Gasteiger partial charge on any atom is 0.279 e. The van der Waals surface area contributed by atoms with Crippen LogP contribution in [-0.2, 0) is 12.0 Å². The van der Waals surface area contributed by atoms with Gasteiger partial charge in [0.25, 0.3) is 5.91 Å². The zero-order valence-electron chi connectivity index (χ0n) is 12.2. The molecule has 0 saturated carbocycles. The van der Waals surface area contributed by atoms with Crippen LogP contribution in [0.5, 0.6) is 0 Å². The Kier molecular flexibility index (Phi) is 3.83. The zero-order chi connectivity index (χ0) is 14.8. The maximum atomic E-state index is 12.2. The van der Waals surface area contributed by atoms with E-state index in [1.165, 1.54) is 0 Å². The number of hydrogen-bond acceptors (Lipinski definition) is 4. The topological polar surface area (TPSA) is 72.7 Å². The Morgan fingerprint density at radius 1 is 1.40 bits per heavy atom. The van der Waals surface area contributed by atoms with E-state index >= 15 is 0 Å². The van der Waals surface area contributed by atoms with Crippen LogP contribution in [0.4, 0.5) is 5.82 Å². The molecular weight excluding hydrogens is 254 g/mol. The number of nitrogens with zero attached hydrogens (tertiary/aromatic N) is 4. The van der Waals surface area contributed by atoms with E-state index in [2.05, 4.69) is 20.6 Å². The van der Waals surface area contributed by atoms with Gasteiger partial charge in [0.15, 0.2) is 5.69 Å². The predicted octanol–water partition coefficient (Wildman–Crippen LogP) is 2.24. The molecule has 0 aromatic carbocycles. The molecule has 0 aliphatic rings. The number of hydrogen-bond donors (Lipinski definition) is 1. The third-order valence-electron chi connectivity index (χ3n) is 2.92. The van der Waals surface area contributed by atoms with E-state index in [0.717, 1.165) is 12.0 Å². The lowest BCUT2D eigenvalue weighted by atomic mass is 10.1. The van der Waals surface area contributed by atoms with E-state index in [1.807, 2.05) is 39.8 Å². The molecule has 0 spiro atoms. The van der Waals surface area contributed by atoms with Gasteiger partial charge in [-0.05, 0) is 38.8 Å². The second-order valence-electron chi connectivity index (χ2n) is 5.54. The van der Waals surface area contributed by atoms with Crippen LogP contribution >= 0.6 is 0 Å². The normalized spacial score (nSPS) is 11.4. The number of aryl methyl sites for hydroxylation is 1. The van der Waals surface area contributed by atoms with Crippen LogP contribution in [0.3, 0.4) is 0 Å². The number of pyridine rings is 1. The van der Waals surface area contributed by atoms with Crippen molar-refractivity contribution in [3.8, 4) is 0 Å². The number of aromatic nitrogens is 4. The smallest absolute Gasteiger partial charge is 0.279 e. The van der Waals surface area contributed by atoms with E-state index in [4.69, 9.17) is 0 Å². The highest BCUT2D eigenvalue weighted by Crippen LogP contribution is 2.15. The van der Waals surface area contributed by atoms with Crippen molar-refractivity contribution in [2.75, 3.05) is 5.32 Å². The summed E-state index contributed by atoms with van der Waals surface area (Å²) in [6, 6.07) is 3.79. The van der Waals surface area contributed by atoms with Crippen LogP contribution in [0.2, 0.25) is 0 Å². The van der Waals surface area contributed by atoms with Gasteiger partial charge >= 0.3 is 0 Å². The first-order valence-electron chi connectivity index (χ1n) is 6.60. The second-order valence-corrected chi connectivity index (χ2v) is 5.54. The summed E-state index contributed by atoms with van der Waals surface area (Å²) in [5.74, 6) is 0.277. The van der Waals surface area contributed by atoms with E-state index in [-0.39, 0.29) is 17.1 Å². The molecule has 106 valence electrons. The Hall–Kier alpha value is -2.24. The van der Waals surface area contributed by atoms with Crippen molar-refractivity contribution in [2.45, 2.75) is 39.7 Å². The molecule has 0 aliphatic heterocycles. The summed E-state index contributed by atoms with van der Waals surface area (Å²) in [6.07, 6.45) is 4.10. The summed E-state index contributed by atoms with van der Waals surface area (Å²) in [4.78, 5) is 16.3. The molecule has 20 heavy (non-hydrogen) atoms. The number of anilines is 1. The summed E-state index contributed by atoms with van der Waals surface area (Å²) in [5.41, 5.74) is 1.07. The molecule has 1 amide bonds. The molecule has 2 aromatic rings. The van der Waals surface area contributed by atoms with Crippen LogP contribution in [0.25, 0.3) is 0 Å². The molecule has 0 unspecified atom stereocenters. The van der Waals surface area contributed by atoms with Gasteiger partial charge in [-0.3, -0.25) is 4.79 Å². The molecule has 2 aromatic heterocycles. The molecule has 0 saturated heterocycles. The Morgan fingerprint density at radius 2 is 2.15 bits per heavy atom. The monoisotopic (exact) mass is 273 g/mol. The lowest BCUT2D eigenvalue weighted by Gasteiger charge is -2.17. The minimum atomic E-state index is -0.297. The molecule has 2 heterocycles. The molecule has 0 fully saturated rings. The highest BCUT2D eigenvalue weighted by molar-refractivity contribution is 6.02. The van der Waals surface area contributed by atoms with Crippen LogP contribution in [0.15, 0.2) is 24.5 Å². The minimum absolute atomic E-state index is 0.203. The van der Waals surface area contributed by atoms with Gasteiger partial charge in [-0.2, -0.15) is 0 Å². The summed E-state index contributed by atoms with van der Waals surface area (Å²) in [7, 11) is 0. The molecule has 2 rings (SSSR count). The fourth-order valence-electron chi connectivity index (χ4n) is 1.70. The number of rotatable bonds is 3. The number of amides is 1. The van der Waals surface area contributed by atoms with Crippen LogP contribution < -0.4 is 5.32 Å². The third-order valence-corrected chi connectivity index (χ3v) is 2.92. The van der Waals surface area contributed by atoms with Crippen molar-refractivity contribution in [1.29, 1.82) is 0 Å². The minimum Gasteiger partial charge on any atom is -0.305 e. The van der Waals surface area contributed by atoms with Gasteiger partial charge in [-0.25, -0.2) is 9.67 Å². The van der Waals surface area contributed by atoms with Gasteiger partial charge in [0.2, 0.25) is 0 Å². The number of carbonyl (C=O) groups excluding carboxylic acids is 1. The summed E-state index contributed by atoms with van der Waals surface area (Å²) >= 11 is 0. The summed E-state index contributed by atoms with van der Waals surface area (Å²) in [6.45, 7) is 8.01. The fourth-order valence-corrected chi connectivity index (χ4v) is 1.70. The first-order chi connectivity index (χ1) is 9.41. The fraction of sp³-hybridized carbons (Fsp3) is 0.429. The standard InChI is InChI=1S/C14H19N5O/c1-5-10-7-6-8-15-12(10)16-13(20)11-9-19(18-17-11)14(2,3)4/h6-9H,5H2,1-4H3,(H,15,16,20). The molecule has 0 radical (unpaired) electrons. The zero-order valence-corrected chi connectivity index (χ0v) is 12.2. The predicted molar refractivity (Wildman–Crippen MR) is 76.6 cm³/mol. The van der Waals surface area contributed by atoms with Crippen molar-refractivity contribution >= 4 is 11.7 Å². The lowest BCUT2D eigenvalue weighted by Crippen LogP contribution is -2.22. The largest absolute Gasteiger partial charge is 0.305 e. The Labute approximate surface area is 118 Å². The molecular formula is C14H19N5O. The molecule has 0 atom stereocenters. The SMILES string of the molecule is CCc1cccnc1NC(=O)c1cn(C(C)(C)C)nn1. The molecule has 0 bridgehead atoms. The van der Waals surface area contributed by atoms with E-state index in [9.17, 15) is 4.79 Å². The molecule has 1 N–H and O–H groups in total. The second kappa shape index (κ2) is 5.40. The van der Waals surface area contributed by atoms with Gasteiger partial charge in [-0.1, -0.05) is 18.2 Å². The van der Waals surface area contributed by atoms with Gasteiger partial charge in [0.05, 0.1) is 11.7 Å². The van der Waals surface area contributed by atoms with Gasteiger partial charge in [-0.15, -0.1) is 5.10 Å². The Morgan fingerprint density at radius 3 is 2.75 bits per heavy atom. The summed E-state index contributed by atoms with van der Waals surface area (Å²) in [5, 5.41) is 10.7. The maximum absolute atomic E-state index is 12.2. The highest BCUT2D eigenvalue weighted by Gasteiger charge is 2.19. The third kappa shape index (κ3) is 3.01. The quantitative estimate of drug-likeness (QED) is 0.930. The van der Waals surface area contributed by atoms with E-state index in [0.29, 0.717) is 5.82 Å². The summed E-state index contributed by atoms with van der Waals surface area (Å²) < 4.78 is 1.67. The van der Waals surface area contributed by atoms with Crippen molar-refractivity contribution in [3.63, 3.8) is 0 Å². The first-order valence-corrected chi connectivity index (χ1v) is 6.60. The van der Waals surface area contributed by atoms with Crippen LogP contribution in [-0.4, -0.2) is 25.9 Å². The Bertz CT molecular complexity index is 612. The van der Waals surface area contributed by atoms with E-state index in [1.54, 1.807) is 17.1 Å². The Balaban J connectivity index is 2.18. The molecule has 6 nitrogen and oxygen atoms in total. The first kappa shape index (κ1) is 14.2. The lowest BCUT2D eigenvalue weighted by molar-refractivity contribution is 0.102. The van der Waals surface area contributed by atoms with Crippen molar-refractivity contribution < 1.29 is 4.79 Å². The molecule has 6 heteroatoms. The highest BCUT2D eigenvalue weighted by atomic mass is 16.2. The van der Waals surface area contributed by atoms with Crippen molar-refractivity contribution in [1.82, 2.24) is 20.0 Å². The van der Waals surface area contributed by atoms with Gasteiger partial charge < -0.3 is 5.32 Å². The number of nitrogens with one attached hydrogen (secondary N) is 1. The average molecular weight is 273 g/mol. The van der Waals surface area contributed by atoms with Gasteiger partial charge in [0.1, 0.15) is 5.82 Å². The molecule has 0 aliphatic carbocycles. The van der Waals surface area contributed by atoms with Crippen molar-refractivity contribution in [3.05, 3.63) is 35.8 Å².